The summed E-state index contributed by atoms with van der Waals surface area (Å²) >= 11 is 0. The molecule has 2 aliphatic rings. The van der Waals surface area contributed by atoms with Gasteiger partial charge in [0.05, 0.1) is 13.2 Å². The summed E-state index contributed by atoms with van der Waals surface area (Å²) in [4.78, 5) is 2.46. The number of ether oxygens (including phenoxy) is 2. The second-order valence-corrected chi connectivity index (χ2v) is 6.35. The Bertz CT molecular complexity index is 476. The molecule has 4 heteroatoms. The molecule has 0 aromatic heterocycles. The van der Waals surface area contributed by atoms with E-state index in [2.05, 4.69) is 42.3 Å². The van der Waals surface area contributed by atoms with E-state index in [0.29, 0.717) is 6.04 Å². The molecule has 2 aliphatic heterocycles. The van der Waals surface area contributed by atoms with E-state index >= 15 is 0 Å². The summed E-state index contributed by atoms with van der Waals surface area (Å²) in [5.41, 5.74) is 1.26. The van der Waals surface area contributed by atoms with Crippen LogP contribution in [-0.2, 0) is 0 Å². The molecule has 21 heavy (non-hydrogen) atoms. The van der Waals surface area contributed by atoms with Crippen LogP contribution in [-0.4, -0.2) is 38.9 Å². The zero-order valence-corrected chi connectivity index (χ0v) is 13.1. The molecule has 2 heterocycles. The van der Waals surface area contributed by atoms with Gasteiger partial charge in [-0.15, -0.1) is 0 Å². The molecule has 1 aromatic carbocycles. The fourth-order valence-electron chi connectivity index (χ4n) is 2.98. The largest absolute Gasteiger partial charge is 0.490 e. The minimum absolute atomic E-state index is 0.567. The van der Waals surface area contributed by atoms with Crippen LogP contribution in [0.3, 0.4) is 0 Å². The molecule has 1 unspecified atom stereocenters. The van der Waals surface area contributed by atoms with Gasteiger partial charge in [0.15, 0.2) is 11.5 Å². The molecule has 1 N–H and O–H groups in total. The molecule has 1 fully saturated rings. The Labute approximate surface area is 127 Å². The first-order chi connectivity index (χ1) is 10.2. The van der Waals surface area contributed by atoms with Crippen LogP contribution in [0.2, 0.25) is 0 Å². The molecule has 0 amide bonds. The van der Waals surface area contributed by atoms with E-state index in [1.54, 1.807) is 0 Å². The van der Waals surface area contributed by atoms with Crippen LogP contribution in [0.5, 0.6) is 11.5 Å². The smallest absolute Gasteiger partial charge is 0.163 e. The maximum absolute atomic E-state index is 5.79. The molecule has 0 bridgehead atoms. The van der Waals surface area contributed by atoms with E-state index in [1.165, 1.54) is 12.1 Å². The normalized spacial score (nSPS) is 21.7. The van der Waals surface area contributed by atoms with Gasteiger partial charge in [-0.1, -0.05) is 13.8 Å². The number of benzene rings is 1. The van der Waals surface area contributed by atoms with Crippen molar-refractivity contribution in [2.75, 3.05) is 37.7 Å². The van der Waals surface area contributed by atoms with Crippen molar-refractivity contribution in [2.24, 2.45) is 5.92 Å². The van der Waals surface area contributed by atoms with Gasteiger partial charge in [-0.3, -0.25) is 0 Å². The number of nitrogens with one attached hydrogen (secondary N) is 1. The average Bonchev–Trinajstić information content (AvgIpc) is 2.82. The summed E-state index contributed by atoms with van der Waals surface area (Å²) in [6, 6.07) is 6.91. The highest BCUT2D eigenvalue weighted by Gasteiger charge is 2.23. The molecule has 3 rings (SSSR count). The van der Waals surface area contributed by atoms with Crippen molar-refractivity contribution >= 4 is 5.69 Å². The van der Waals surface area contributed by atoms with Gasteiger partial charge < -0.3 is 19.7 Å². The standard InChI is InChI=1S/C17H26N2O2/c1-13(2)18-11-14-6-7-19(12-14)15-4-5-16-17(10-15)21-9-3-8-20-16/h4-5,10,13-14,18H,3,6-9,11-12H2,1-2H3. The molecule has 0 saturated carbocycles. The fourth-order valence-corrected chi connectivity index (χ4v) is 2.98. The lowest BCUT2D eigenvalue weighted by Crippen LogP contribution is -2.30. The van der Waals surface area contributed by atoms with E-state index in [1.807, 2.05) is 0 Å². The van der Waals surface area contributed by atoms with Crippen molar-refractivity contribution < 1.29 is 9.47 Å². The van der Waals surface area contributed by atoms with Crippen LogP contribution in [0.1, 0.15) is 26.7 Å². The summed E-state index contributed by atoms with van der Waals surface area (Å²) in [5, 5.41) is 3.55. The third kappa shape index (κ3) is 3.62. The predicted octanol–water partition coefficient (Wildman–Crippen LogP) is 2.67. The van der Waals surface area contributed by atoms with Gasteiger partial charge in [0.2, 0.25) is 0 Å². The predicted molar refractivity (Wildman–Crippen MR) is 85.5 cm³/mol. The lowest BCUT2D eigenvalue weighted by Gasteiger charge is -2.20. The molecule has 116 valence electrons. The van der Waals surface area contributed by atoms with Crippen LogP contribution < -0.4 is 19.7 Å². The molecule has 0 radical (unpaired) electrons. The molecule has 0 aliphatic carbocycles. The topological polar surface area (TPSA) is 33.7 Å². The molecule has 1 aromatic rings. The Balaban J connectivity index is 1.64. The van der Waals surface area contributed by atoms with Crippen molar-refractivity contribution in [1.82, 2.24) is 5.32 Å². The van der Waals surface area contributed by atoms with Crippen molar-refractivity contribution in [2.45, 2.75) is 32.7 Å². The van der Waals surface area contributed by atoms with E-state index in [-0.39, 0.29) is 0 Å². The molecular formula is C17H26N2O2. The van der Waals surface area contributed by atoms with Gasteiger partial charge in [0.1, 0.15) is 0 Å². The molecule has 0 spiro atoms. The second-order valence-electron chi connectivity index (χ2n) is 6.35. The minimum Gasteiger partial charge on any atom is -0.490 e. The summed E-state index contributed by atoms with van der Waals surface area (Å²) in [5.74, 6) is 2.52. The maximum atomic E-state index is 5.79. The van der Waals surface area contributed by atoms with Crippen LogP contribution >= 0.6 is 0 Å². The van der Waals surface area contributed by atoms with Crippen LogP contribution in [0.4, 0.5) is 5.69 Å². The summed E-state index contributed by atoms with van der Waals surface area (Å²) < 4.78 is 11.5. The van der Waals surface area contributed by atoms with Crippen LogP contribution in [0.15, 0.2) is 18.2 Å². The number of anilines is 1. The molecule has 1 atom stereocenters. The van der Waals surface area contributed by atoms with Gasteiger partial charge in [-0.05, 0) is 31.0 Å². The van der Waals surface area contributed by atoms with Gasteiger partial charge >= 0.3 is 0 Å². The summed E-state index contributed by atoms with van der Waals surface area (Å²) in [6.45, 7) is 9.27. The number of fused-ring (bicyclic) bond motifs is 1. The van der Waals surface area contributed by atoms with E-state index in [9.17, 15) is 0 Å². The van der Waals surface area contributed by atoms with Gasteiger partial charge in [-0.2, -0.15) is 0 Å². The average molecular weight is 290 g/mol. The molecular weight excluding hydrogens is 264 g/mol. The third-order valence-electron chi connectivity index (χ3n) is 4.20. The minimum atomic E-state index is 0.567. The fraction of sp³-hybridized carbons (Fsp3) is 0.647. The number of nitrogens with zero attached hydrogens (tertiary/aromatic N) is 1. The Morgan fingerprint density at radius 1 is 1.24 bits per heavy atom. The Hall–Kier alpha value is -1.42. The first-order valence-electron chi connectivity index (χ1n) is 8.10. The second kappa shape index (κ2) is 6.56. The van der Waals surface area contributed by atoms with Gasteiger partial charge in [-0.25, -0.2) is 0 Å². The zero-order valence-electron chi connectivity index (χ0n) is 13.1. The quantitative estimate of drug-likeness (QED) is 0.924. The number of hydrogen-bond donors (Lipinski definition) is 1. The number of hydrogen-bond acceptors (Lipinski definition) is 4. The zero-order chi connectivity index (χ0) is 14.7. The van der Waals surface area contributed by atoms with E-state index < -0.39 is 0 Å². The monoisotopic (exact) mass is 290 g/mol. The highest BCUT2D eigenvalue weighted by Crippen LogP contribution is 2.35. The van der Waals surface area contributed by atoms with Crippen molar-refractivity contribution in [3.63, 3.8) is 0 Å². The van der Waals surface area contributed by atoms with Crippen molar-refractivity contribution in [1.29, 1.82) is 0 Å². The maximum Gasteiger partial charge on any atom is 0.163 e. The van der Waals surface area contributed by atoms with Crippen molar-refractivity contribution in [3.05, 3.63) is 18.2 Å². The lowest BCUT2D eigenvalue weighted by atomic mass is 10.1. The van der Waals surface area contributed by atoms with Crippen molar-refractivity contribution in [3.8, 4) is 11.5 Å². The SMILES string of the molecule is CC(C)NCC1CCN(c2ccc3c(c2)OCCCO3)C1. The van der Waals surface area contributed by atoms with Crippen LogP contribution in [0, 0.1) is 5.92 Å². The van der Waals surface area contributed by atoms with Crippen LogP contribution in [0.25, 0.3) is 0 Å². The van der Waals surface area contributed by atoms with E-state index in [0.717, 1.165) is 56.7 Å². The first-order valence-corrected chi connectivity index (χ1v) is 8.10. The van der Waals surface area contributed by atoms with E-state index in [4.69, 9.17) is 9.47 Å². The molecule has 4 nitrogen and oxygen atoms in total. The molecule has 1 saturated heterocycles. The Morgan fingerprint density at radius 3 is 2.86 bits per heavy atom. The van der Waals surface area contributed by atoms with Gasteiger partial charge in [0.25, 0.3) is 0 Å². The first kappa shape index (κ1) is 14.5. The summed E-state index contributed by atoms with van der Waals surface area (Å²) in [7, 11) is 0. The summed E-state index contributed by atoms with van der Waals surface area (Å²) in [6.07, 6.45) is 2.21. The van der Waals surface area contributed by atoms with Gasteiger partial charge in [0, 0.05) is 37.3 Å². The Morgan fingerprint density at radius 2 is 2.05 bits per heavy atom. The third-order valence-corrected chi connectivity index (χ3v) is 4.20. The highest BCUT2D eigenvalue weighted by atomic mass is 16.5. The number of rotatable bonds is 4. The highest BCUT2D eigenvalue weighted by molar-refractivity contribution is 5.57. The Kier molecular flexibility index (Phi) is 4.54. The lowest BCUT2D eigenvalue weighted by molar-refractivity contribution is 0.297.